The summed E-state index contributed by atoms with van der Waals surface area (Å²) in [6.07, 6.45) is 1.68. The predicted molar refractivity (Wildman–Crippen MR) is 90.2 cm³/mol. The number of pyridine rings is 1. The largest absolute Gasteiger partial charge is 0.461 e. The lowest BCUT2D eigenvalue weighted by Crippen LogP contribution is -2.06. The first kappa shape index (κ1) is 15.1. The van der Waals surface area contributed by atoms with Crippen LogP contribution < -0.4 is 0 Å². The van der Waals surface area contributed by atoms with Gasteiger partial charge in [0.1, 0.15) is 5.69 Å². The number of hydrogen-bond donors (Lipinski definition) is 1. The summed E-state index contributed by atoms with van der Waals surface area (Å²) in [7, 11) is 0. The summed E-state index contributed by atoms with van der Waals surface area (Å²) < 4.78 is 5.86. The van der Waals surface area contributed by atoms with Crippen molar-refractivity contribution in [3.8, 4) is 11.3 Å². The maximum absolute atomic E-state index is 12.3. The fraction of sp³-hybridized carbons (Fsp3) is 0.125. The fourth-order valence-corrected chi connectivity index (χ4v) is 3.05. The number of rotatable bonds is 3. The number of nitrogens with one attached hydrogen (secondary N) is 1. The molecule has 0 aliphatic rings. The zero-order valence-electron chi connectivity index (χ0n) is 11.7. The van der Waals surface area contributed by atoms with Crippen molar-refractivity contribution >= 4 is 44.4 Å². The summed E-state index contributed by atoms with van der Waals surface area (Å²) in [4.78, 5) is 19.7. The smallest absolute Gasteiger partial charge is 0.355 e. The van der Waals surface area contributed by atoms with E-state index >= 15 is 0 Å². The summed E-state index contributed by atoms with van der Waals surface area (Å²) in [5.41, 5.74) is 2.53. The number of carbonyl (C=O) groups is 1. The molecule has 4 nitrogen and oxygen atoms in total. The van der Waals surface area contributed by atoms with Crippen molar-refractivity contribution in [3.63, 3.8) is 0 Å². The molecular weight excluding hydrogens is 368 g/mol. The summed E-state index contributed by atoms with van der Waals surface area (Å²) in [6, 6.07) is 9.14. The van der Waals surface area contributed by atoms with Gasteiger partial charge in [0.2, 0.25) is 0 Å². The van der Waals surface area contributed by atoms with E-state index in [2.05, 4.69) is 25.9 Å². The lowest BCUT2D eigenvalue weighted by molar-refractivity contribution is 0.0521. The van der Waals surface area contributed by atoms with Crippen molar-refractivity contribution in [1.29, 1.82) is 0 Å². The molecule has 0 unspecified atom stereocenters. The summed E-state index contributed by atoms with van der Waals surface area (Å²) in [6.45, 7) is 2.07. The third-order valence-corrected chi connectivity index (χ3v) is 4.62. The SMILES string of the molecule is CCOC(=O)c1[nH]c2ccc(Cl)c(Br)c2c1-c1ccccn1. The third kappa shape index (κ3) is 2.51. The van der Waals surface area contributed by atoms with E-state index < -0.39 is 5.97 Å². The van der Waals surface area contributed by atoms with Gasteiger partial charge in [0, 0.05) is 27.1 Å². The molecule has 112 valence electrons. The minimum atomic E-state index is -0.414. The standard InChI is InChI=1S/C16H12BrClN2O2/c1-2-22-16(21)15-13(10-5-3-4-8-19-10)12-11(20-15)7-6-9(18)14(12)17/h3-8,20H,2H2,1H3. The van der Waals surface area contributed by atoms with Crippen molar-refractivity contribution in [2.24, 2.45) is 0 Å². The lowest BCUT2D eigenvalue weighted by atomic mass is 10.1. The van der Waals surface area contributed by atoms with E-state index in [9.17, 15) is 4.79 Å². The Kier molecular flexibility index (Phi) is 4.18. The highest BCUT2D eigenvalue weighted by Gasteiger charge is 2.23. The number of esters is 1. The number of hydrogen-bond acceptors (Lipinski definition) is 3. The Morgan fingerprint density at radius 3 is 2.86 bits per heavy atom. The van der Waals surface area contributed by atoms with Crippen LogP contribution in [0.5, 0.6) is 0 Å². The van der Waals surface area contributed by atoms with Gasteiger partial charge in [-0.1, -0.05) is 17.7 Å². The van der Waals surface area contributed by atoms with E-state index in [1.165, 1.54) is 0 Å². The van der Waals surface area contributed by atoms with Crippen molar-refractivity contribution in [2.45, 2.75) is 6.92 Å². The zero-order valence-corrected chi connectivity index (χ0v) is 14.0. The Morgan fingerprint density at radius 2 is 2.18 bits per heavy atom. The average Bonchev–Trinajstić information content (AvgIpc) is 2.92. The molecule has 0 fully saturated rings. The van der Waals surface area contributed by atoms with Gasteiger partial charge in [-0.15, -0.1) is 0 Å². The van der Waals surface area contributed by atoms with Crippen LogP contribution in [0, 0.1) is 0 Å². The van der Waals surface area contributed by atoms with Crippen LogP contribution in [0.3, 0.4) is 0 Å². The molecule has 3 rings (SSSR count). The van der Waals surface area contributed by atoms with Gasteiger partial charge in [-0.3, -0.25) is 4.98 Å². The van der Waals surface area contributed by atoms with Crippen LogP contribution in [0.2, 0.25) is 5.02 Å². The van der Waals surface area contributed by atoms with Gasteiger partial charge in [0.15, 0.2) is 0 Å². The van der Waals surface area contributed by atoms with Crippen molar-refractivity contribution in [2.75, 3.05) is 6.61 Å². The number of aromatic nitrogens is 2. The molecule has 0 atom stereocenters. The van der Waals surface area contributed by atoms with Crippen molar-refractivity contribution in [3.05, 3.63) is 51.7 Å². The number of carbonyl (C=O) groups excluding carboxylic acids is 1. The van der Waals surface area contributed by atoms with Gasteiger partial charge in [0.25, 0.3) is 0 Å². The quantitative estimate of drug-likeness (QED) is 0.664. The number of ether oxygens (including phenoxy) is 1. The lowest BCUT2D eigenvalue weighted by Gasteiger charge is -2.05. The number of aromatic amines is 1. The molecule has 2 heterocycles. The maximum atomic E-state index is 12.3. The molecule has 1 N–H and O–H groups in total. The molecule has 1 aromatic carbocycles. The predicted octanol–water partition coefficient (Wildman–Crippen LogP) is 4.82. The van der Waals surface area contributed by atoms with Gasteiger partial charge in [-0.05, 0) is 47.1 Å². The second-order valence-electron chi connectivity index (χ2n) is 4.59. The van der Waals surface area contributed by atoms with Gasteiger partial charge in [-0.25, -0.2) is 4.79 Å². The van der Waals surface area contributed by atoms with E-state index in [0.717, 1.165) is 15.4 Å². The minimum absolute atomic E-state index is 0.303. The Labute approximate surface area is 140 Å². The molecule has 0 aliphatic carbocycles. The molecule has 0 saturated heterocycles. The molecule has 0 saturated carbocycles. The molecule has 3 aromatic rings. The second kappa shape index (κ2) is 6.10. The molecule has 0 radical (unpaired) electrons. The Hall–Kier alpha value is -1.85. The first-order valence-corrected chi connectivity index (χ1v) is 7.88. The Balaban J connectivity index is 2.36. The highest BCUT2D eigenvalue weighted by Crippen LogP contribution is 2.39. The van der Waals surface area contributed by atoms with E-state index in [0.29, 0.717) is 28.6 Å². The summed E-state index contributed by atoms with van der Waals surface area (Å²) >= 11 is 9.70. The highest BCUT2D eigenvalue weighted by molar-refractivity contribution is 9.10. The number of H-pyrrole nitrogens is 1. The van der Waals surface area contributed by atoms with E-state index in [1.807, 2.05) is 24.3 Å². The Bertz CT molecular complexity index is 846. The summed E-state index contributed by atoms with van der Waals surface area (Å²) in [5, 5.41) is 1.38. The van der Waals surface area contributed by atoms with Gasteiger partial charge in [0.05, 0.1) is 17.3 Å². The van der Waals surface area contributed by atoms with Gasteiger partial charge in [-0.2, -0.15) is 0 Å². The third-order valence-electron chi connectivity index (χ3n) is 3.26. The van der Waals surface area contributed by atoms with E-state index in [4.69, 9.17) is 16.3 Å². The second-order valence-corrected chi connectivity index (χ2v) is 5.79. The van der Waals surface area contributed by atoms with Crippen molar-refractivity contribution in [1.82, 2.24) is 9.97 Å². The number of benzene rings is 1. The first-order valence-electron chi connectivity index (χ1n) is 6.71. The summed E-state index contributed by atoms with van der Waals surface area (Å²) in [5.74, 6) is -0.414. The van der Waals surface area contributed by atoms with Crippen LogP contribution in [0.25, 0.3) is 22.2 Å². The molecule has 0 bridgehead atoms. The van der Waals surface area contributed by atoms with Gasteiger partial charge < -0.3 is 9.72 Å². The normalized spacial score (nSPS) is 10.9. The molecular formula is C16H12BrClN2O2. The monoisotopic (exact) mass is 378 g/mol. The minimum Gasteiger partial charge on any atom is -0.461 e. The van der Waals surface area contributed by atoms with Crippen LogP contribution in [-0.2, 0) is 4.74 Å². The van der Waals surface area contributed by atoms with Crippen LogP contribution in [0.1, 0.15) is 17.4 Å². The average molecular weight is 380 g/mol. The number of fused-ring (bicyclic) bond motifs is 1. The van der Waals surface area contributed by atoms with E-state index in [1.54, 1.807) is 19.2 Å². The molecule has 0 amide bonds. The van der Waals surface area contributed by atoms with Crippen LogP contribution >= 0.6 is 27.5 Å². The number of halogens is 2. The molecule has 6 heteroatoms. The van der Waals surface area contributed by atoms with Crippen molar-refractivity contribution < 1.29 is 9.53 Å². The van der Waals surface area contributed by atoms with Crippen LogP contribution in [-0.4, -0.2) is 22.5 Å². The first-order chi connectivity index (χ1) is 10.6. The van der Waals surface area contributed by atoms with Gasteiger partial charge >= 0.3 is 5.97 Å². The van der Waals surface area contributed by atoms with Crippen LogP contribution in [0.4, 0.5) is 0 Å². The van der Waals surface area contributed by atoms with E-state index in [-0.39, 0.29) is 0 Å². The molecule has 2 aromatic heterocycles. The molecule has 0 aliphatic heterocycles. The molecule has 22 heavy (non-hydrogen) atoms. The highest BCUT2D eigenvalue weighted by atomic mass is 79.9. The topological polar surface area (TPSA) is 55.0 Å². The zero-order chi connectivity index (χ0) is 15.7. The maximum Gasteiger partial charge on any atom is 0.355 e. The fourth-order valence-electron chi connectivity index (χ4n) is 2.34. The number of nitrogens with zero attached hydrogens (tertiary/aromatic N) is 1. The Morgan fingerprint density at radius 1 is 1.36 bits per heavy atom. The molecule has 0 spiro atoms. The van der Waals surface area contributed by atoms with Crippen LogP contribution in [0.15, 0.2) is 41.0 Å².